The van der Waals surface area contributed by atoms with Crippen LogP contribution in [0.25, 0.3) is 10.1 Å². The van der Waals surface area contributed by atoms with Gasteiger partial charge in [0.1, 0.15) is 11.3 Å². The first-order valence-corrected chi connectivity index (χ1v) is 9.78. The second-order valence-corrected chi connectivity index (χ2v) is 7.82. The molecule has 2 N–H and O–H groups in total. The highest BCUT2D eigenvalue weighted by Crippen LogP contribution is 2.44. The van der Waals surface area contributed by atoms with Crippen LogP contribution in [0.15, 0.2) is 70.8 Å². The molecule has 0 radical (unpaired) electrons. The molecule has 5 nitrogen and oxygen atoms in total. The Labute approximate surface area is 166 Å². The summed E-state index contributed by atoms with van der Waals surface area (Å²) in [5, 5.41) is 0.794. The van der Waals surface area contributed by atoms with Crippen molar-refractivity contribution in [3.05, 3.63) is 86.7 Å². The SMILES string of the molecule is CC(C)OC(=O)C1=C(N)Oc2c(c(=O)sc3ccccc23)[C@H]1c1ccccc1. The minimum Gasteiger partial charge on any atom is -0.459 e. The summed E-state index contributed by atoms with van der Waals surface area (Å²) in [6.45, 7) is 3.52. The highest BCUT2D eigenvalue weighted by atomic mass is 32.1. The van der Waals surface area contributed by atoms with E-state index in [0.717, 1.165) is 27.0 Å². The number of hydrogen-bond donors (Lipinski definition) is 1. The maximum Gasteiger partial charge on any atom is 0.340 e. The number of carbonyl (C=O) groups is 1. The Hall–Kier alpha value is -3.12. The molecule has 0 spiro atoms. The second-order valence-electron chi connectivity index (χ2n) is 6.81. The third kappa shape index (κ3) is 3.05. The van der Waals surface area contributed by atoms with E-state index in [4.69, 9.17) is 15.2 Å². The summed E-state index contributed by atoms with van der Waals surface area (Å²) in [7, 11) is 0. The van der Waals surface area contributed by atoms with E-state index in [-0.39, 0.29) is 22.3 Å². The molecule has 28 heavy (non-hydrogen) atoms. The van der Waals surface area contributed by atoms with Crippen LogP contribution in [0.1, 0.15) is 30.9 Å². The van der Waals surface area contributed by atoms with Gasteiger partial charge in [0.05, 0.1) is 17.6 Å². The lowest BCUT2D eigenvalue weighted by Crippen LogP contribution is -2.31. The Morgan fingerprint density at radius 2 is 1.79 bits per heavy atom. The van der Waals surface area contributed by atoms with Crippen LogP contribution in [0.2, 0.25) is 0 Å². The fraction of sp³-hybridized carbons (Fsp3) is 0.182. The Balaban J connectivity index is 2.01. The molecule has 142 valence electrons. The standard InChI is InChI=1S/C22H19NO4S/c1-12(2)26-21(24)18-16(13-8-4-3-5-9-13)17-19(27-20(18)23)14-10-6-7-11-15(14)28-22(17)25/h3-12,16H,23H2,1-2H3/t16-/m1/s1. The summed E-state index contributed by atoms with van der Waals surface area (Å²) in [5.41, 5.74) is 7.56. The average Bonchev–Trinajstić information content (AvgIpc) is 2.67. The summed E-state index contributed by atoms with van der Waals surface area (Å²) in [6, 6.07) is 16.8. The maximum absolute atomic E-state index is 13.1. The maximum atomic E-state index is 13.1. The van der Waals surface area contributed by atoms with Crippen molar-refractivity contribution in [2.24, 2.45) is 5.73 Å². The van der Waals surface area contributed by atoms with Gasteiger partial charge in [0.25, 0.3) is 0 Å². The van der Waals surface area contributed by atoms with E-state index in [2.05, 4.69) is 0 Å². The molecule has 0 aliphatic carbocycles. The topological polar surface area (TPSA) is 78.6 Å². The van der Waals surface area contributed by atoms with Crippen molar-refractivity contribution in [3.8, 4) is 5.75 Å². The Bertz CT molecular complexity index is 1150. The number of rotatable bonds is 3. The Morgan fingerprint density at radius 3 is 2.50 bits per heavy atom. The van der Waals surface area contributed by atoms with Crippen molar-refractivity contribution in [1.29, 1.82) is 0 Å². The molecule has 1 atom stereocenters. The molecule has 1 aliphatic heterocycles. The minimum atomic E-state index is -0.649. The summed E-state index contributed by atoms with van der Waals surface area (Å²) >= 11 is 1.13. The zero-order valence-corrected chi connectivity index (χ0v) is 16.3. The van der Waals surface area contributed by atoms with Crippen LogP contribution in [0.4, 0.5) is 0 Å². The molecule has 1 aliphatic rings. The first-order valence-electron chi connectivity index (χ1n) is 8.96. The molecule has 2 aromatic carbocycles. The van der Waals surface area contributed by atoms with E-state index in [0.29, 0.717) is 11.3 Å². The van der Waals surface area contributed by atoms with Gasteiger partial charge < -0.3 is 15.2 Å². The van der Waals surface area contributed by atoms with Gasteiger partial charge in [-0.15, -0.1) is 0 Å². The van der Waals surface area contributed by atoms with Crippen molar-refractivity contribution in [1.82, 2.24) is 0 Å². The zero-order chi connectivity index (χ0) is 19.8. The number of carbonyl (C=O) groups excluding carboxylic acids is 1. The molecule has 2 heterocycles. The lowest BCUT2D eigenvalue weighted by atomic mass is 9.83. The number of esters is 1. The van der Waals surface area contributed by atoms with Gasteiger partial charge in [-0.2, -0.15) is 0 Å². The quantitative estimate of drug-likeness (QED) is 0.683. The fourth-order valence-corrected chi connectivity index (χ4v) is 4.36. The van der Waals surface area contributed by atoms with E-state index in [9.17, 15) is 9.59 Å². The van der Waals surface area contributed by atoms with Gasteiger partial charge in [-0.3, -0.25) is 4.79 Å². The Kier molecular flexibility index (Phi) is 4.65. The zero-order valence-electron chi connectivity index (χ0n) is 15.5. The molecule has 0 saturated heterocycles. The van der Waals surface area contributed by atoms with Crippen LogP contribution < -0.4 is 15.2 Å². The third-order valence-corrected chi connectivity index (χ3v) is 5.53. The molecular weight excluding hydrogens is 374 g/mol. The van der Waals surface area contributed by atoms with Crippen molar-refractivity contribution < 1.29 is 14.3 Å². The molecular formula is C22H19NO4S. The predicted octanol–water partition coefficient (Wildman–Crippen LogP) is 3.91. The normalized spacial score (nSPS) is 16.0. The number of fused-ring (bicyclic) bond motifs is 3. The molecule has 3 aromatic rings. The van der Waals surface area contributed by atoms with E-state index in [1.165, 1.54) is 0 Å². The van der Waals surface area contributed by atoms with Crippen molar-refractivity contribution in [2.45, 2.75) is 25.9 Å². The largest absolute Gasteiger partial charge is 0.459 e. The van der Waals surface area contributed by atoms with Gasteiger partial charge in [-0.25, -0.2) is 4.79 Å². The molecule has 6 heteroatoms. The molecule has 1 aromatic heterocycles. The number of benzene rings is 2. The third-order valence-electron chi connectivity index (χ3n) is 4.55. The van der Waals surface area contributed by atoms with E-state index < -0.39 is 11.9 Å². The van der Waals surface area contributed by atoms with Crippen LogP contribution in [-0.4, -0.2) is 12.1 Å². The molecule has 4 rings (SSSR count). The smallest absolute Gasteiger partial charge is 0.340 e. The average molecular weight is 393 g/mol. The highest BCUT2D eigenvalue weighted by molar-refractivity contribution is 7.16. The van der Waals surface area contributed by atoms with E-state index in [1.807, 2.05) is 54.6 Å². The highest BCUT2D eigenvalue weighted by Gasteiger charge is 2.38. The molecule has 0 unspecified atom stereocenters. The monoisotopic (exact) mass is 393 g/mol. The van der Waals surface area contributed by atoms with Crippen LogP contribution >= 0.6 is 11.3 Å². The van der Waals surface area contributed by atoms with Crippen LogP contribution in [0.5, 0.6) is 5.75 Å². The van der Waals surface area contributed by atoms with Crippen LogP contribution in [0, 0.1) is 0 Å². The second kappa shape index (κ2) is 7.13. The first kappa shape index (κ1) is 18.3. The van der Waals surface area contributed by atoms with Gasteiger partial charge in [-0.05, 0) is 31.5 Å². The van der Waals surface area contributed by atoms with E-state index in [1.54, 1.807) is 13.8 Å². The number of nitrogens with two attached hydrogens (primary N) is 1. The molecule has 0 amide bonds. The van der Waals surface area contributed by atoms with Crippen molar-refractivity contribution >= 4 is 27.4 Å². The Morgan fingerprint density at radius 1 is 1.11 bits per heavy atom. The van der Waals surface area contributed by atoms with Crippen LogP contribution in [-0.2, 0) is 9.53 Å². The van der Waals surface area contributed by atoms with E-state index >= 15 is 0 Å². The molecule has 0 saturated carbocycles. The summed E-state index contributed by atoms with van der Waals surface area (Å²) in [4.78, 5) is 25.9. The van der Waals surface area contributed by atoms with Crippen molar-refractivity contribution in [3.63, 3.8) is 0 Å². The molecule has 0 fully saturated rings. The number of hydrogen-bond acceptors (Lipinski definition) is 6. The van der Waals surface area contributed by atoms with Gasteiger partial charge in [-0.1, -0.05) is 53.8 Å². The van der Waals surface area contributed by atoms with Gasteiger partial charge >= 0.3 is 5.97 Å². The first-order chi connectivity index (χ1) is 13.5. The molecule has 0 bridgehead atoms. The predicted molar refractivity (Wildman–Crippen MR) is 109 cm³/mol. The summed E-state index contributed by atoms with van der Waals surface area (Å²) in [5.74, 6) is -0.853. The summed E-state index contributed by atoms with van der Waals surface area (Å²) < 4.78 is 11.9. The lowest BCUT2D eigenvalue weighted by Gasteiger charge is -2.28. The fourth-order valence-electron chi connectivity index (χ4n) is 3.42. The van der Waals surface area contributed by atoms with Crippen molar-refractivity contribution in [2.75, 3.05) is 0 Å². The minimum absolute atomic E-state index is 0.0345. The lowest BCUT2D eigenvalue weighted by molar-refractivity contribution is -0.143. The van der Waals surface area contributed by atoms with Crippen LogP contribution in [0.3, 0.4) is 0 Å². The van der Waals surface area contributed by atoms with Gasteiger partial charge in [0.15, 0.2) is 0 Å². The summed E-state index contributed by atoms with van der Waals surface area (Å²) in [6.07, 6.45) is -0.322. The van der Waals surface area contributed by atoms with Gasteiger partial charge in [0, 0.05) is 10.1 Å². The van der Waals surface area contributed by atoms with Gasteiger partial charge in [0.2, 0.25) is 10.6 Å². The number of ether oxygens (including phenoxy) is 2.